The molecule has 15 heavy (non-hydrogen) atoms. The van der Waals surface area contributed by atoms with E-state index in [1.54, 1.807) is 26.0 Å². The first-order chi connectivity index (χ1) is 7.43. The lowest BCUT2D eigenvalue weighted by atomic mass is 10.2. The minimum atomic E-state index is -3.50. The Morgan fingerprint density at radius 2 is 1.87 bits per heavy atom. The van der Waals surface area contributed by atoms with Gasteiger partial charge in [-0.3, -0.25) is 0 Å². The molecule has 0 aliphatic carbocycles. The smallest absolute Gasteiger partial charge is 0.207 e. The lowest BCUT2D eigenvalue weighted by molar-refractivity contribution is 0.445. The summed E-state index contributed by atoms with van der Waals surface area (Å²) in [6, 6.07) is 4.85. The summed E-state index contributed by atoms with van der Waals surface area (Å²) < 4.78 is 33.3. The molecule has 0 aliphatic rings. The third kappa shape index (κ3) is 2.58. The van der Waals surface area contributed by atoms with E-state index in [0.29, 0.717) is 13.1 Å². The molecule has 1 rings (SSSR count). The predicted octanol–water partition coefficient (Wildman–Crippen LogP) is 2.03. The molecule has 84 valence electrons. The van der Waals surface area contributed by atoms with Gasteiger partial charge in [0.1, 0.15) is 0 Å². The Morgan fingerprint density at radius 3 is 2.33 bits per heavy atom. The van der Waals surface area contributed by atoms with E-state index in [0.717, 1.165) is 5.56 Å². The van der Waals surface area contributed by atoms with Crippen molar-refractivity contribution in [2.75, 3.05) is 13.1 Å². The summed E-state index contributed by atoms with van der Waals surface area (Å²) in [5.41, 5.74) is 0.892. The van der Waals surface area contributed by atoms with Crippen molar-refractivity contribution in [3.8, 4) is 0 Å². The zero-order valence-corrected chi connectivity index (χ0v) is 10.1. The van der Waals surface area contributed by atoms with Gasteiger partial charge in [-0.15, -0.1) is 0 Å². The third-order valence-electron chi connectivity index (χ3n) is 2.26. The van der Waals surface area contributed by atoms with E-state index in [4.69, 9.17) is 1.37 Å². The normalized spacial score (nSPS) is 12.9. The summed E-state index contributed by atoms with van der Waals surface area (Å²) in [5.74, 6) is 0. The van der Waals surface area contributed by atoms with Gasteiger partial charge < -0.3 is 0 Å². The molecule has 0 amide bonds. The highest BCUT2D eigenvalue weighted by molar-refractivity contribution is 7.89. The molecule has 0 saturated heterocycles. The number of hydrogen-bond donors (Lipinski definition) is 0. The Labute approximate surface area is 93.2 Å². The second kappa shape index (κ2) is 4.77. The first-order valence-corrected chi connectivity index (χ1v) is 6.44. The molecule has 0 heterocycles. The fourth-order valence-corrected chi connectivity index (χ4v) is 2.76. The quantitative estimate of drug-likeness (QED) is 0.790. The highest BCUT2D eigenvalue weighted by Gasteiger charge is 2.20. The SMILES string of the molecule is [2H]c1cc(C)ccc1S(=O)(=O)N(CC)CC. The number of rotatable bonds is 4. The zero-order valence-electron chi connectivity index (χ0n) is 10.3. The molecule has 0 N–H and O–H groups in total. The zero-order chi connectivity index (χ0) is 12.3. The summed E-state index contributed by atoms with van der Waals surface area (Å²) in [5, 5.41) is 0. The van der Waals surface area contributed by atoms with E-state index in [1.807, 2.05) is 6.92 Å². The van der Waals surface area contributed by atoms with Crippen LogP contribution in [0.2, 0.25) is 0 Å². The molecule has 1 aromatic rings. The van der Waals surface area contributed by atoms with Gasteiger partial charge >= 0.3 is 0 Å². The van der Waals surface area contributed by atoms with Crippen LogP contribution in [0.5, 0.6) is 0 Å². The van der Waals surface area contributed by atoms with Crippen LogP contribution in [-0.4, -0.2) is 25.8 Å². The van der Waals surface area contributed by atoms with Gasteiger partial charge in [-0.2, -0.15) is 4.31 Å². The molecule has 0 radical (unpaired) electrons. The molecule has 0 fully saturated rings. The maximum absolute atomic E-state index is 12.1. The van der Waals surface area contributed by atoms with Gasteiger partial charge in [0, 0.05) is 13.1 Å². The Morgan fingerprint density at radius 1 is 1.27 bits per heavy atom. The maximum atomic E-state index is 12.1. The van der Waals surface area contributed by atoms with E-state index in [9.17, 15) is 8.42 Å². The Balaban J connectivity index is 3.27. The molecular formula is C11H17NO2S. The van der Waals surface area contributed by atoms with Crippen LogP contribution in [0.3, 0.4) is 0 Å². The highest BCUT2D eigenvalue weighted by Crippen LogP contribution is 2.15. The molecule has 0 unspecified atom stereocenters. The fourth-order valence-electron chi connectivity index (χ4n) is 1.35. The van der Waals surface area contributed by atoms with Gasteiger partial charge in [-0.25, -0.2) is 8.42 Å². The standard InChI is InChI=1S/C11H17NO2S/c1-4-12(5-2)15(13,14)11-8-6-10(3)7-9-11/h6-9H,4-5H2,1-3H3/i8D. The van der Waals surface area contributed by atoms with Gasteiger partial charge in [0.2, 0.25) is 10.0 Å². The van der Waals surface area contributed by atoms with Crippen molar-refractivity contribution in [2.24, 2.45) is 0 Å². The highest BCUT2D eigenvalue weighted by atomic mass is 32.2. The Hall–Kier alpha value is -0.870. The van der Waals surface area contributed by atoms with Crippen LogP contribution in [0.15, 0.2) is 29.1 Å². The van der Waals surface area contributed by atoms with Crippen molar-refractivity contribution < 1.29 is 9.79 Å². The molecule has 1 aromatic carbocycles. The average Bonchev–Trinajstić information content (AvgIpc) is 2.18. The van der Waals surface area contributed by atoms with Crippen molar-refractivity contribution >= 4 is 10.0 Å². The minimum Gasteiger partial charge on any atom is -0.207 e. The molecule has 0 saturated carbocycles. The second-order valence-corrected chi connectivity index (χ2v) is 5.23. The van der Waals surface area contributed by atoms with Gasteiger partial charge in [0.15, 0.2) is 0 Å². The summed E-state index contributed by atoms with van der Waals surface area (Å²) in [6.45, 7) is 6.27. The van der Waals surface area contributed by atoms with Gasteiger partial charge in [-0.1, -0.05) is 31.5 Å². The minimum absolute atomic E-state index is 0.0619. The largest absolute Gasteiger partial charge is 0.243 e. The molecular weight excluding hydrogens is 210 g/mol. The second-order valence-electron chi connectivity index (χ2n) is 3.32. The van der Waals surface area contributed by atoms with Gasteiger partial charge in [-0.05, 0) is 19.0 Å². The van der Waals surface area contributed by atoms with Crippen LogP contribution >= 0.6 is 0 Å². The number of nitrogens with zero attached hydrogens (tertiary/aromatic N) is 1. The Kier molecular flexibility index (Phi) is 3.38. The van der Waals surface area contributed by atoms with Crippen LogP contribution in [-0.2, 0) is 10.0 Å². The summed E-state index contributed by atoms with van der Waals surface area (Å²) in [7, 11) is -3.50. The van der Waals surface area contributed by atoms with E-state index < -0.39 is 10.0 Å². The van der Waals surface area contributed by atoms with Crippen molar-refractivity contribution in [3.63, 3.8) is 0 Å². The number of benzene rings is 1. The van der Waals surface area contributed by atoms with E-state index in [2.05, 4.69) is 0 Å². The monoisotopic (exact) mass is 228 g/mol. The van der Waals surface area contributed by atoms with E-state index in [-0.39, 0.29) is 10.9 Å². The lowest BCUT2D eigenvalue weighted by Gasteiger charge is -2.18. The number of aryl methyl sites for hydroxylation is 1. The molecule has 0 atom stereocenters. The summed E-state index contributed by atoms with van der Waals surface area (Å²) in [4.78, 5) is 0.0850. The lowest BCUT2D eigenvalue weighted by Crippen LogP contribution is -2.30. The van der Waals surface area contributed by atoms with Crippen molar-refractivity contribution in [1.82, 2.24) is 4.31 Å². The van der Waals surface area contributed by atoms with E-state index in [1.165, 1.54) is 10.4 Å². The van der Waals surface area contributed by atoms with Crippen LogP contribution in [0.1, 0.15) is 20.8 Å². The van der Waals surface area contributed by atoms with Crippen molar-refractivity contribution in [2.45, 2.75) is 25.7 Å². The topological polar surface area (TPSA) is 37.4 Å². The number of hydrogen-bond acceptors (Lipinski definition) is 2. The fraction of sp³-hybridized carbons (Fsp3) is 0.455. The molecule has 0 aromatic heterocycles. The Bertz CT molecular complexity index is 467. The first-order valence-electron chi connectivity index (χ1n) is 5.50. The summed E-state index contributed by atoms with van der Waals surface area (Å²) >= 11 is 0. The van der Waals surface area contributed by atoms with Crippen LogP contribution < -0.4 is 0 Å². The van der Waals surface area contributed by atoms with Crippen LogP contribution in [0, 0.1) is 6.92 Å². The molecule has 0 spiro atoms. The van der Waals surface area contributed by atoms with Crippen LogP contribution in [0.4, 0.5) is 0 Å². The maximum Gasteiger partial charge on any atom is 0.243 e. The molecule has 3 nitrogen and oxygen atoms in total. The molecule has 4 heteroatoms. The average molecular weight is 228 g/mol. The molecule has 0 aliphatic heterocycles. The predicted molar refractivity (Wildman–Crippen MR) is 61.3 cm³/mol. The van der Waals surface area contributed by atoms with E-state index >= 15 is 0 Å². The molecule has 0 bridgehead atoms. The summed E-state index contributed by atoms with van der Waals surface area (Å²) in [6.07, 6.45) is 0. The van der Waals surface area contributed by atoms with Crippen LogP contribution in [0.25, 0.3) is 0 Å². The van der Waals surface area contributed by atoms with Crippen molar-refractivity contribution in [1.29, 1.82) is 0 Å². The third-order valence-corrected chi connectivity index (χ3v) is 4.27. The number of sulfonamides is 1. The van der Waals surface area contributed by atoms with Crippen molar-refractivity contribution in [3.05, 3.63) is 29.8 Å². The van der Waals surface area contributed by atoms with Gasteiger partial charge in [0.25, 0.3) is 0 Å². The van der Waals surface area contributed by atoms with Gasteiger partial charge in [0.05, 0.1) is 6.27 Å². The first kappa shape index (κ1) is 10.6.